The van der Waals surface area contributed by atoms with E-state index in [-0.39, 0.29) is 16.6 Å². The molecule has 0 bridgehead atoms. The van der Waals surface area contributed by atoms with E-state index in [0.29, 0.717) is 18.5 Å². The second-order valence-electron chi connectivity index (χ2n) is 5.43. The third kappa shape index (κ3) is 6.21. The number of nitrogens with two attached hydrogens (primary N) is 1. The molecule has 0 aromatic heterocycles. The number of allylic oxidation sites excluding steroid dienone is 1. The van der Waals surface area contributed by atoms with Crippen LogP contribution in [-0.2, 0) is 21.2 Å². The highest BCUT2D eigenvalue weighted by molar-refractivity contribution is 9.10. The zero-order chi connectivity index (χ0) is 19.2. The van der Waals surface area contributed by atoms with Gasteiger partial charge in [0.25, 0.3) is 0 Å². The molecule has 0 radical (unpaired) electrons. The lowest BCUT2D eigenvalue weighted by atomic mass is 10.1. The minimum absolute atomic E-state index is 0.0414. The van der Waals surface area contributed by atoms with Crippen molar-refractivity contribution in [2.24, 2.45) is 5.14 Å². The van der Waals surface area contributed by atoms with Crippen LogP contribution in [0.5, 0.6) is 0 Å². The topological polar surface area (TPSA) is 106 Å². The minimum Gasteiger partial charge on any atom is -0.352 e. The van der Waals surface area contributed by atoms with Crippen molar-refractivity contribution >= 4 is 37.6 Å². The van der Waals surface area contributed by atoms with Crippen molar-refractivity contribution in [3.63, 3.8) is 0 Å². The molecule has 2 aromatic rings. The van der Waals surface area contributed by atoms with Crippen molar-refractivity contribution in [2.45, 2.75) is 11.3 Å². The predicted molar refractivity (Wildman–Crippen MR) is 102 cm³/mol. The number of sulfonamides is 1. The summed E-state index contributed by atoms with van der Waals surface area (Å²) >= 11 is 3.29. The fourth-order valence-corrected chi connectivity index (χ4v) is 2.88. The molecular weight excluding hydrogens is 420 g/mol. The summed E-state index contributed by atoms with van der Waals surface area (Å²) < 4.78 is 23.2. The average Bonchev–Trinajstić information content (AvgIpc) is 2.60. The molecule has 0 atom stereocenters. The van der Waals surface area contributed by atoms with Crippen molar-refractivity contribution < 1.29 is 18.0 Å². The third-order valence-electron chi connectivity index (χ3n) is 3.48. The molecule has 1 amide bonds. The van der Waals surface area contributed by atoms with Crippen LogP contribution >= 0.6 is 15.9 Å². The maximum Gasteiger partial charge on any atom is 0.244 e. The molecule has 0 saturated heterocycles. The molecule has 2 rings (SSSR count). The molecule has 0 saturated carbocycles. The van der Waals surface area contributed by atoms with Crippen molar-refractivity contribution in [2.75, 3.05) is 6.54 Å². The number of nitrogens with one attached hydrogen (secondary N) is 1. The summed E-state index contributed by atoms with van der Waals surface area (Å²) in [6.07, 6.45) is 2.93. The largest absolute Gasteiger partial charge is 0.352 e. The second-order valence-corrected chi connectivity index (χ2v) is 7.91. The molecule has 0 aliphatic heterocycles. The smallest absolute Gasteiger partial charge is 0.244 e. The zero-order valence-corrected chi connectivity index (χ0v) is 16.1. The van der Waals surface area contributed by atoms with E-state index in [9.17, 15) is 18.0 Å². The molecule has 26 heavy (non-hydrogen) atoms. The Labute approximate surface area is 160 Å². The molecule has 8 heteroatoms. The molecule has 0 fully saturated rings. The van der Waals surface area contributed by atoms with Crippen LogP contribution in [0, 0.1) is 0 Å². The van der Waals surface area contributed by atoms with Gasteiger partial charge in [0, 0.05) is 22.7 Å². The van der Waals surface area contributed by atoms with Gasteiger partial charge in [0.1, 0.15) is 0 Å². The summed E-state index contributed by atoms with van der Waals surface area (Å²) in [5.41, 5.74) is 1.35. The number of hydrogen-bond acceptors (Lipinski definition) is 4. The number of carbonyl (C=O) groups is 2. The Morgan fingerprint density at radius 1 is 1.00 bits per heavy atom. The summed E-state index contributed by atoms with van der Waals surface area (Å²) in [6, 6.07) is 13.0. The van der Waals surface area contributed by atoms with E-state index in [0.717, 1.165) is 10.0 Å². The Hall–Kier alpha value is -2.29. The number of rotatable bonds is 7. The van der Waals surface area contributed by atoms with Gasteiger partial charge < -0.3 is 5.32 Å². The Morgan fingerprint density at radius 2 is 1.62 bits per heavy atom. The fraction of sp³-hybridized carbons (Fsp3) is 0.111. The maximum atomic E-state index is 11.9. The Morgan fingerprint density at radius 3 is 2.19 bits per heavy atom. The quantitative estimate of drug-likeness (QED) is 0.512. The predicted octanol–water partition coefficient (Wildman–Crippen LogP) is 2.19. The highest BCUT2D eigenvalue weighted by Crippen LogP contribution is 2.11. The number of benzene rings is 2. The Balaban J connectivity index is 1.81. The van der Waals surface area contributed by atoms with Gasteiger partial charge in [-0.05, 0) is 54.5 Å². The van der Waals surface area contributed by atoms with E-state index in [2.05, 4.69) is 21.2 Å². The minimum atomic E-state index is -3.71. The first-order valence-electron chi connectivity index (χ1n) is 7.63. The van der Waals surface area contributed by atoms with Gasteiger partial charge in [-0.2, -0.15) is 0 Å². The number of carbonyl (C=O) groups excluding carboxylic acids is 2. The van der Waals surface area contributed by atoms with E-state index in [1.165, 1.54) is 24.3 Å². The summed E-state index contributed by atoms with van der Waals surface area (Å²) in [5, 5.41) is 7.70. The lowest BCUT2D eigenvalue weighted by Gasteiger charge is -2.04. The molecule has 0 heterocycles. The maximum absolute atomic E-state index is 11.9. The molecule has 3 N–H and O–H groups in total. The van der Waals surface area contributed by atoms with Crippen LogP contribution in [0.2, 0.25) is 0 Å². The van der Waals surface area contributed by atoms with Gasteiger partial charge in [-0.25, -0.2) is 13.6 Å². The summed E-state index contributed by atoms with van der Waals surface area (Å²) in [5.74, 6) is -0.636. The van der Waals surface area contributed by atoms with Crippen LogP contribution in [0.4, 0.5) is 0 Å². The second kappa shape index (κ2) is 8.88. The van der Waals surface area contributed by atoms with Crippen molar-refractivity contribution in [1.29, 1.82) is 0 Å². The van der Waals surface area contributed by atoms with Crippen LogP contribution in [0.15, 0.2) is 70.1 Å². The van der Waals surface area contributed by atoms with Crippen molar-refractivity contribution in [3.05, 3.63) is 76.3 Å². The number of amides is 1. The number of ketones is 1. The van der Waals surface area contributed by atoms with E-state index in [1.54, 1.807) is 36.4 Å². The summed E-state index contributed by atoms with van der Waals surface area (Å²) in [7, 11) is -3.71. The number of primary sulfonamides is 1. The van der Waals surface area contributed by atoms with Crippen LogP contribution in [0.3, 0.4) is 0 Å². The molecule has 0 spiro atoms. The van der Waals surface area contributed by atoms with Crippen LogP contribution in [-0.4, -0.2) is 26.7 Å². The molecule has 136 valence electrons. The van der Waals surface area contributed by atoms with E-state index in [4.69, 9.17) is 5.14 Å². The zero-order valence-electron chi connectivity index (χ0n) is 13.7. The lowest BCUT2D eigenvalue weighted by molar-refractivity contribution is -0.116. The van der Waals surface area contributed by atoms with Crippen molar-refractivity contribution in [1.82, 2.24) is 5.32 Å². The first-order valence-corrected chi connectivity index (χ1v) is 9.97. The van der Waals surface area contributed by atoms with E-state index in [1.807, 2.05) is 0 Å². The van der Waals surface area contributed by atoms with Crippen LogP contribution in [0.25, 0.3) is 0 Å². The van der Waals surface area contributed by atoms with Crippen LogP contribution in [0.1, 0.15) is 15.9 Å². The molecule has 2 aromatic carbocycles. The SMILES string of the molecule is NS(=O)(=O)c1ccc(CCNC(=O)/C=C/C(=O)c2ccc(Br)cc2)cc1. The lowest BCUT2D eigenvalue weighted by Crippen LogP contribution is -2.23. The van der Waals surface area contributed by atoms with Gasteiger partial charge in [-0.1, -0.05) is 28.1 Å². The first kappa shape index (κ1) is 20.0. The molecule has 6 nitrogen and oxygen atoms in total. The standard InChI is InChI=1S/C18H17BrN2O4S/c19-15-5-3-14(4-6-15)17(22)9-10-18(23)21-12-11-13-1-7-16(8-2-13)26(20,24)25/h1-10H,11-12H2,(H,21,23)(H2,20,24,25)/b10-9+. The monoisotopic (exact) mass is 436 g/mol. The van der Waals surface area contributed by atoms with Gasteiger partial charge in [0.05, 0.1) is 4.90 Å². The van der Waals surface area contributed by atoms with Gasteiger partial charge in [0.2, 0.25) is 15.9 Å². The Kier molecular flexibility index (Phi) is 6.84. The van der Waals surface area contributed by atoms with Gasteiger partial charge >= 0.3 is 0 Å². The van der Waals surface area contributed by atoms with Gasteiger partial charge in [0.15, 0.2) is 5.78 Å². The summed E-state index contributed by atoms with van der Waals surface area (Å²) in [6.45, 7) is 0.352. The van der Waals surface area contributed by atoms with E-state index < -0.39 is 10.0 Å². The van der Waals surface area contributed by atoms with Gasteiger partial charge in [-0.3, -0.25) is 9.59 Å². The number of hydrogen-bond donors (Lipinski definition) is 2. The fourth-order valence-electron chi connectivity index (χ4n) is 2.10. The average molecular weight is 437 g/mol. The highest BCUT2D eigenvalue weighted by atomic mass is 79.9. The first-order chi connectivity index (χ1) is 12.3. The highest BCUT2D eigenvalue weighted by Gasteiger charge is 2.07. The van der Waals surface area contributed by atoms with E-state index >= 15 is 0 Å². The van der Waals surface area contributed by atoms with Crippen LogP contribution < -0.4 is 10.5 Å². The normalized spacial score (nSPS) is 11.5. The third-order valence-corrected chi connectivity index (χ3v) is 4.94. The van der Waals surface area contributed by atoms with Crippen molar-refractivity contribution in [3.8, 4) is 0 Å². The molecule has 0 aliphatic rings. The summed E-state index contributed by atoms with van der Waals surface area (Å²) in [4.78, 5) is 23.7. The molecular formula is C18H17BrN2O4S. The van der Waals surface area contributed by atoms with Gasteiger partial charge in [-0.15, -0.1) is 0 Å². The molecule has 0 unspecified atom stereocenters. The number of halogens is 1. The molecule has 0 aliphatic carbocycles. The Bertz CT molecular complexity index is 921.